The molecule has 1 N–H and O–H groups in total. The van der Waals surface area contributed by atoms with E-state index >= 15 is 0 Å². The van der Waals surface area contributed by atoms with E-state index in [2.05, 4.69) is 59.1 Å². The van der Waals surface area contributed by atoms with E-state index in [1.54, 1.807) is 5.56 Å². The van der Waals surface area contributed by atoms with Crippen molar-refractivity contribution in [3.63, 3.8) is 0 Å². The van der Waals surface area contributed by atoms with Gasteiger partial charge in [0.2, 0.25) is 0 Å². The second kappa shape index (κ2) is 6.52. The van der Waals surface area contributed by atoms with Crippen molar-refractivity contribution in [2.24, 2.45) is 5.92 Å². The maximum Gasteiger partial charge on any atom is 0.0133 e. The number of aryl methyl sites for hydroxylation is 2. The molecule has 0 heterocycles. The normalized spacial score (nSPS) is 18.2. The van der Waals surface area contributed by atoms with Gasteiger partial charge in [0, 0.05) is 6.04 Å². The second-order valence-electron chi connectivity index (χ2n) is 7.98. The number of benzene rings is 1. The molecule has 118 valence electrons. The molecule has 1 atom stereocenters. The first-order chi connectivity index (χ1) is 9.82. The smallest absolute Gasteiger partial charge is 0.0133 e. The molecule has 1 aliphatic rings. The molecule has 0 aliphatic heterocycles. The molecule has 1 fully saturated rings. The van der Waals surface area contributed by atoms with Crippen molar-refractivity contribution in [3.8, 4) is 0 Å². The lowest BCUT2D eigenvalue weighted by atomic mass is 9.82. The third-order valence-corrected chi connectivity index (χ3v) is 5.33. The van der Waals surface area contributed by atoms with Crippen LogP contribution in [0.4, 0.5) is 0 Å². The monoisotopic (exact) mass is 287 g/mol. The van der Waals surface area contributed by atoms with E-state index in [0.29, 0.717) is 6.04 Å². The Morgan fingerprint density at radius 3 is 2.05 bits per heavy atom. The minimum absolute atomic E-state index is 0.238. The molecule has 1 saturated carbocycles. The van der Waals surface area contributed by atoms with E-state index < -0.39 is 0 Å². The summed E-state index contributed by atoms with van der Waals surface area (Å²) in [5, 5.41) is 3.59. The van der Waals surface area contributed by atoms with Crippen LogP contribution in [0.15, 0.2) is 12.1 Å². The standard InChI is InChI=1S/C20H33N/c1-14-11-17(20(3,4)5)12-15(2)18(14)13-19(21-6)16-9-7-8-10-16/h11-12,16,19,21H,7-10,13H2,1-6H3. The minimum Gasteiger partial charge on any atom is -0.316 e. The van der Waals surface area contributed by atoms with Gasteiger partial charge in [0.15, 0.2) is 0 Å². The lowest BCUT2D eigenvalue weighted by molar-refractivity contribution is 0.376. The molecular formula is C20H33N. The fourth-order valence-corrected chi connectivity index (χ4v) is 3.83. The highest BCUT2D eigenvalue weighted by atomic mass is 14.9. The summed E-state index contributed by atoms with van der Waals surface area (Å²) in [4.78, 5) is 0. The van der Waals surface area contributed by atoms with Crippen molar-refractivity contribution in [1.82, 2.24) is 5.32 Å². The molecule has 2 rings (SSSR count). The number of nitrogens with one attached hydrogen (secondary N) is 1. The summed E-state index contributed by atoms with van der Waals surface area (Å²) in [5.41, 5.74) is 6.20. The zero-order valence-electron chi connectivity index (χ0n) is 14.8. The van der Waals surface area contributed by atoms with Gasteiger partial charge in [0.25, 0.3) is 0 Å². The van der Waals surface area contributed by atoms with Gasteiger partial charge >= 0.3 is 0 Å². The summed E-state index contributed by atoms with van der Waals surface area (Å²) in [6.45, 7) is 11.5. The molecule has 1 heteroatoms. The van der Waals surface area contributed by atoms with Crippen molar-refractivity contribution in [1.29, 1.82) is 0 Å². The van der Waals surface area contributed by atoms with E-state index in [4.69, 9.17) is 0 Å². The predicted octanol–water partition coefficient (Wildman–Crippen LogP) is 4.92. The van der Waals surface area contributed by atoms with Gasteiger partial charge in [0.1, 0.15) is 0 Å². The van der Waals surface area contributed by atoms with Crippen LogP contribution in [0.25, 0.3) is 0 Å². The van der Waals surface area contributed by atoms with E-state index in [-0.39, 0.29) is 5.41 Å². The summed E-state index contributed by atoms with van der Waals surface area (Å²) in [6.07, 6.45) is 6.84. The lowest BCUT2D eigenvalue weighted by Gasteiger charge is -2.27. The van der Waals surface area contributed by atoms with Gasteiger partial charge in [-0.2, -0.15) is 0 Å². The van der Waals surface area contributed by atoms with Crippen LogP contribution in [0.3, 0.4) is 0 Å². The largest absolute Gasteiger partial charge is 0.316 e. The molecular weight excluding hydrogens is 254 g/mol. The van der Waals surface area contributed by atoms with Crippen LogP contribution in [-0.2, 0) is 11.8 Å². The molecule has 0 aromatic heterocycles. The van der Waals surface area contributed by atoms with Gasteiger partial charge in [-0.15, -0.1) is 0 Å². The summed E-state index contributed by atoms with van der Waals surface area (Å²) >= 11 is 0. The highest BCUT2D eigenvalue weighted by Gasteiger charge is 2.25. The van der Waals surface area contributed by atoms with Crippen LogP contribution in [0.5, 0.6) is 0 Å². The number of hydrogen-bond acceptors (Lipinski definition) is 1. The molecule has 0 amide bonds. The third kappa shape index (κ3) is 3.88. The van der Waals surface area contributed by atoms with Gasteiger partial charge in [-0.05, 0) is 73.7 Å². The summed E-state index contributed by atoms with van der Waals surface area (Å²) in [6, 6.07) is 5.46. The Morgan fingerprint density at radius 2 is 1.62 bits per heavy atom. The molecule has 1 aromatic carbocycles. The van der Waals surface area contributed by atoms with Crippen LogP contribution >= 0.6 is 0 Å². The van der Waals surface area contributed by atoms with E-state index in [1.807, 2.05) is 0 Å². The summed E-state index contributed by atoms with van der Waals surface area (Å²) < 4.78 is 0. The van der Waals surface area contributed by atoms with Crippen LogP contribution < -0.4 is 5.32 Å². The molecule has 1 aromatic rings. The molecule has 0 radical (unpaired) electrons. The summed E-state index contributed by atoms with van der Waals surface area (Å²) in [7, 11) is 2.14. The fraction of sp³-hybridized carbons (Fsp3) is 0.700. The zero-order valence-corrected chi connectivity index (χ0v) is 14.8. The number of likely N-dealkylation sites (N-methyl/N-ethyl adjacent to an activating group) is 1. The highest BCUT2D eigenvalue weighted by Crippen LogP contribution is 2.32. The molecule has 1 aliphatic carbocycles. The fourth-order valence-electron chi connectivity index (χ4n) is 3.83. The second-order valence-corrected chi connectivity index (χ2v) is 7.98. The first-order valence-electron chi connectivity index (χ1n) is 8.61. The Kier molecular flexibility index (Phi) is 5.14. The van der Waals surface area contributed by atoms with Crippen molar-refractivity contribution >= 4 is 0 Å². The number of rotatable bonds is 4. The Hall–Kier alpha value is -0.820. The van der Waals surface area contributed by atoms with E-state index in [1.165, 1.54) is 48.8 Å². The van der Waals surface area contributed by atoms with E-state index in [9.17, 15) is 0 Å². The van der Waals surface area contributed by atoms with Gasteiger partial charge in [0.05, 0.1) is 0 Å². The topological polar surface area (TPSA) is 12.0 Å². The summed E-state index contributed by atoms with van der Waals surface area (Å²) in [5.74, 6) is 0.871. The Morgan fingerprint density at radius 1 is 1.10 bits per heavy atom. The quantitative estimate of drug-likeness (QED) is 0.828. The molecule has 0 spiro atoms. The van der Waals surface area contributed by atoms with Crippen molar-refractivity contribution in [3.05, 3.63) is 34.4 Å². The van der Waals surface area contributed by atoms with Gasteiger partial charge in [-0.3, -0.25) is 0 Å². The van der Waals surface area contributed by atoms with Crippen LogP contribution in [0.1, 0.15) is 68.7 Å². The highest BCUT2D eigenvalue weighted by molar-refractivity contribution is 5.41. The van der Waals surface area contributed by atoms with Crippen LogP contribution in [-0.4, -0.2) is 13.1 Å². The van der Waals surface area contributed by atoms with Crippen molar-refractivity contribution in [2.75, 3.05) is 7.05 Å². The SMILES string of the molecule is CNC(Cc1c(C)cc(C(C)(C)C)cc1C)C1CCCC1. The predicted molar refractivity (Wildman–Crippen MR) is 93.1 cm³/mol. The molecule has 1 unspecified atom stereocenters. The first-order valence-corrected chi connectivity index (χ1v) is 8.61. The zero-order chi connectivity index (χ0) is 15.6. The Balaban J connectivity index is 2.23. The number of hydrogen-bond donors (Lipinski definition) is 1. The molecule has 0 saturated heterocycles. The van der Waals surface area contributed by atoms with Crippen LogP contribution in [0, 0.1) is 19.8 Å². The first kappa shape index (κ1) is 16.5. The third-order valence-electron chi connectivity index (χ3n) is 5.33. The van der Waals surface area contributed by atoms with Crippen LogP contribution in [0.2, 0.25) is 0 Å². The molecule has 0 bridgehead atoms. The average molecular weight is 287 g/mol. The molecule has 21 heavy (non-hydrogen) atoms. The van der Waals surface area contributed by atoms with E-state index in [0.717, 1.165) is 5.92 Å². The van der Waals surface area contributed by atoms with Crippen molar-refractivity contribution < 1.29 is 0 Å². The van der Waals surface area contributed by atoms with Gasteiger partial charge < -0.3 is 5.32 Å². The Bertz CT molecular complexity index is 452. The maximum absolute atomic E-state index is 3.59. The average Bonchev–Trinajstić information content (AvgIpc) is 2.90. The molecule has 1 nitrogen and oxygen atoms in total. The van der Waals surface area contributed by atoms with Gasteiger partial charge in [-0.1, -0.05) is 45.7 Å². The lowest BCUT2D eigenvalue weighted by Crippen LogP contribution is -2.34. The van der Waals surface area contributed by atoms with Gasteiger partial charge in [-0.25, -0.2) is 0 Å². The minimum atomic E-state index is 0.238. The van der Waals surface area contributed by atoms with Crippen molar-refractivity contribution in [2.45, 2.75) is 78.2 Å². The Labute approximate surface area is 131 Å². The maximum atomic E-state index is 3.59.